The molecule has 3 aliphatic heterocycles. The molecule has 1 saturated heterocycles. The molecule has 192 valence electrons. The van der Waals surface area contributed by atoms with Crippen LogP contribution < -0.4 is 10.1 Å². The Bertz CT molecular complexity index is 1330. The summed E-state index contributed by atoms with van der Waals surface area (Å²) in [7, 11) is 1.70. The fraction of sp³-hybridized carbons (Fsp3) is 0.407. The van der Waals surface area contributed by atoms with Gasteiger partial charge in [-0.3, -0.25) is 9.69 Å². The van der Waals surface area contributed by atoms with E-state index in [4.69, 9.17) is 32.7 Å². The summed E-state index contributed by atoms with van der Waals surface area (Å²) in [6.45, 7) is 3.97. The number of ether oxygens (including phenoxy) is 2. The molecular formula is C27H27Cl2N5O3. The van der Waals surface area contributed by atoms with E-state index in [2.05, 4.69) is 20.3 Å². The largest absolute Gasteiger partial charge is 0.485 e. The summed E-state index contributed by atoms with van der Waals surface area (Å²) in [5, 5.41) is 4.01. The van der Waals surface area contributed by atoms with Crippen LogP contribution in [0.3, 0.4) is 0 Å². The Morgan fingerprint density at radius 3 is 2.62 bits per heavy atom. The predicted octanol–water partition coefficient (Wildman–Crippen LogP) is 5.08. The first kappa shape index (κ1) is 24.4. The molecule has 1 amide bonds. The van der Waals surface area contributed by atoms with Crippen molar-refractivity contribution in [1.29, 1.82) is 0 Å². The highest BCUT2D eigenvalue weighted by atomic mass is 35.5. The normalized spacial score (nSPS) is 26.2. The maximum absolute atomic E-state index is 13.3. The Labute approximate surface area is 225 Å². The second kappa shape index (κ2) is 9.11. The third kappa shape index (κ3) is 4.41. The summed E-state index contributed by atoms with van der Waals surface area (Å²) < 4.78 is 11.9. The van der Waals surface area contributed by atoms with Gasteiger partial charge in [0.15, 0.2) is 0 Å². The summed E-state index contributed by atoms with van der Waals surface area (Å²) >= 11 is 12.8. The van der Waals surface area contributed by atoms with E-state index < -0.39 is 5.41 Å². The maximum atomic E-state index is 13.3. The number of amidine groups is 1. The molecule has 2 unspecified atom stereocenters. The van der Waals surface area contributed by atoms with Gasteiger partial charge in [-0.05, 0) is 50.5 Å². The van der Waals surface area contributed by atoms with Gasteiger partial charge in [0.25, 0.3) is 5.91 Å². The number of carbonyl (C=O) groups is 1. The number of benzene rings is 1. The monoisotopic (exact) mass is 539 g/mol. The number of guanidine groups is 1. The number of amides is 1. The van der Waals surface area contributed by atoms with E-state index in [0.29, 0.717) is 51.3 Å². The van der Waals surface area contributed by atoms with Crippen LogP contribution in [0, 0.1) is 11.3 Å². The second-order valence-electron chi connectivity index (χ2n) is 10.2. The van der Waals surface area contributed by atoms with E-state index in [0.717, 1.165) is 38.2 Å². The van der Waals surface area contributed by atoms with Crippen molar-refractivity contribution in [3.63, 3.8) is 0 Å². The minimum atomic E-state index is -0.598. The average Bonchev–Trinajstić information content (AvgIpc) is 3.43. The summed E-state index contributed by atoms with van der Waals surface area (Å²) in [4.78, 5) is 28.7. The Hall–Kier alpha value is -2.94. The lowest BCUT2D eigenvalue weighted by molar-refractivity contribution is -0.121. The minimum absolute atomic E-state index is 0.101. The second-order valence-corrected chi connectivity index (χ2v) is 11.1. The van der Waals surface area contributed by atoms with E-state index in [1.165, 1.54) is 4.90 Å². The standard InChI is InChI=1S/C27H27Cl2N5O3/c1-26-12-18(22-19(28)4-3-5-20(22)29)23(35)34(2)24(26)33-25(31-15-26)32-21-7-6-17(13-30-21)37-27(9-10-27)16-8-11-36-14-16/h3-7,12-13,16H,8-11,14-15H2,1-2H3,(H,30,31,32). The number of fused-ring (bicyclic) bond motifs is 1. The molecule has 0 radical (unpaired) electrons. The van der Waals surface area contributed by atoms with Crippen LogP contribution in [0.15, 0.2) is 52.6 Å². The van der Waals surface area contributed by atoms with E-state index in [1.54, 1.807) is 31.4 Å². The van der Waals surface area contributed by atoms with Gasteiger partial charge in [0.2, 0.25) is 5.96 Å². The lowest BCUT2D eigenvalue weighted by atomic mass is 9.80. The van der Waals surface area contributed by atoms with Gasteiger partial charge >= 0.3 is 0 Å². The van der Waals surface area contributed by atoms with Gasteiger partial charge in [-0.2, -0.15) is 4.99 Å². The SMILES string of the molecule is CN1C(=O)C(c2c(Cl)cccc2Cl)=CC2(C)CN=C(Nc3ccc(OC4(C5CCOC5)CC4)cn3)N=C12. The topological polar surface area (TPSA) is 88.4 Å². The zero-order valence-corrected chi connectivity index (χ0v) is 22.1. The van der Waals surface area contributed by atoms with Crippen molar-refractivity contribution in [3.05, 3.63) is 58.2 Å². The van der Waals surface area contributed by atoms with Crippen molar-refractivity contribution in [2.75, 3.05) is 32.1 Å². The number of halogens is 2. The first-order chi connectivity index (χ1) is 17.8. The fourth-order valence-electron chi connectivity index (χ4n) is 5.33. The number of anilines is 1. The quantitative estimate of drug-likeness (QED) is 0.572. The summed E-state index contributed by atoms with van der Waals surface area (Å²) in [5.74, 6) is 2.54. The predicted molar refractivity (Wildman–Crippen MR) is 144 cm³/mol. The van der Waals surface area contributed by atoms with Crippen molar-refractivity contribution in [2.24, 2.45) is 21.3 Å². The van der Waals surface area contributed by atoms with Gasteiger partial charge in [0.05, 0.1) is 34.8 Å². The van der Waals surface area contributed by atoms with Crippen molar-refractivity contribution in [3.8, 4) is 5.75 Å². The number of carbonyl (C=O) groups excluding carboxylic acids is 1. The minimum Gasteiger partial charge on any atom is -0.485 e. The molecule has 1 aliphatic carbocycles. The van der Waals surface area contributed by atoms with Crippen molar-refractivity contribution in [2.45, 2.75) is 31.8 Å². The molecule has 8 nitrogen and oxygen atoms in total. The lowest BCUT2D eigenvalue weighted by Gasteiger charge is -2.39. The highest BCUT2D eigenvalue weighted by molar-refractivity contribution is 6.41. The van der Waals surface area contributed by atoms with Crippen LogP contribution in [0.1, 0.15) is 31.7 Å². The third-order valence-corrected chi connectivity index (χ3v) is 8.17. The van der Waals surface area contributed by atoms with E-state index >= 15 is 0 Å². The summed E-state index contributed by atoms with van der Waals surface area (Å²) in [5.41, 5.74) is 0.270. The van der Waals surface area contributed by atoms with Gasteiger partial charge in [-0.1, -0.05) is 35.3 Å². The van der Waals surface area contributed by atoms with Crippen LogP contribution in [0.2, 0.25) is 10.0 Å². The molecule has 2 fully saturated rings. The van der Waals surface area contributed by atoms with Gasteiger partial charge < -0.3 is 14.8 Å². The molecule has 6 rings (SSSR count). The van der Waals surface area contributed by atoms with Gasteiger partial charge in [-0.15, -0.1) is 0 Å². The average molecular weight is 540 g/mol. The van der Waals surface area contributed by atoms with Crippen molar-refractivity contribution >= 4 is 52.3 Å². The number of rotatable bonds is 5. The number of nitrogens with zero attached hydrogens (tertiary/aromatic N) is 4. The molecule has 4 aliphatic rings. The molecule has 1 aromatic heterocycles. The summed E-state index contributed by atoms with van der Waals surface area (Å²) in [6.07, 6.45) is 6.75. The molecule has 4 heterocycles. The third-order valence-electron chi connectivity index (χ3n) is 7.54. The molecule has 1 saturated carbocycles. The Kier molecular flexibility index (Phi) is 6.01. The first-order valence-electron chi connectivity index (χ1n) is 12.4. The highest BCUT2D eigenvalue weighted by Crippen LogP contribution is 2.49. The zero-order chi connectivity index (χ0) is 25.8. The first-order valence-corrected chi connectivity index (χ1v) is 13.1. The Morgan fingerprint density at radius 2 is 1.97 bits per heavy atom. The van der Waals surface area contributed by atoms with Crippen LogP contribution in [0.4, 0.5) is 5.82 Å². The van der Waals surface area contributed by atoms with Gasteiger partial charge in [0, 0.05) is 30.7 Å². The highest BCUT2D eigenvalue weighted by Gasteiger charge is 2.53. The molecule has 0 spiro atoms. The van der Waals surface area contributed by atoms with Crippen LogP contribution in [-0.2, 0) is 9.53 Å². The van der Waals surface area contributed by atoms with Crippen LogP contribution >= 0.6 is 23.2 Å². The van der Waals surface area contributed by atoms with Crippen molar-refractivity contribution in [1.82, 2.24) is 9.88 Å². The fourth-order valence-corrected chi connectivity index (χ4v) is 5.93. The maximum Gasteiger partial charge on any atom is 0.259 e. The molecule has 2 atom stereocenters. The molecular weight excluding hydrogens is 513 g/mol. The number of pyridine rings is 1. The smallest absolute Gasteiger partial charge is 0.259 e. The van der Waals surface area contributed by atoms with Crippen LogP contribution in [-0.4, -0.2) is 60.0 Å². The summed E-state index contributed by atoms with van der Waals surface area (Å²) in [6, 6.07) is 8.96. The molecule has 1 N–H and O–H groups in total. The van der Waals surface area contributed by atoms with Crippen LogP contribution in [0.25, 0.3) is 5.57 Å². The molecule has 1 aromatic carbocycles. The number of aromatic nitrogens is 1. The number of likely N-dealkylation sites (N-methyl/N-ethyl adjacent to an activating group) is 1. The molecule has 37 heavy (non-hydrogen) atoms. The van der Waals surface area contributed by atoms with Gasteiger partial charge in [-0.25, -0.2) is 9.98 Å². The van der Waals surface area contributed by atoms with E-state index in [9.17, 15) is 4.79 Å². The lowest BCUT2D eigenvalue weighted by Crippen LogP contribution is -2.50. The van der Waals surface area contributed by atoms with E-state index in [1.807, 2.05) is 25.1 Å². The molecule has 2 aromatic rings. The van der Waals surface area contributed by atoms with Crippen LogP contribution in [0.5, 0.6) is 5.75 Å². The van der Waals surface area contributed by atoms with Crippen molar-refractivity contribution < 1.29 is 14.3 Å². The van der Waals surface area contributed by atoms with E-state index in [-0.39, 0.29) is 11.5 Å². The Morgan fingerprint density at radius 1 is 1.19 bits per heavy atom. The Balaban J connectivity index is 1.19. The van der Waals surface area contributed by atoms with Gasteiger partial charge in [0.1, 0.15) is 23.0 Å². The number of nitrogens with one attached hydrogen (secondary N) is 1. The number of aliphatic imine (C=N–C) groups is 2. The molecule has 0 bridgehead atoms. The number of hydrogen-bond donors (Lipinski definition) is 1. The molecule has 10 heteroatoms. The zero-order valence-electron chi connectivity index (χ0n) is 20.6. The number of hydrogen-bond acceptors (Lipinski definition) is 7.